The van der Waals surface area contributed by atoms with Gasteiger partial charge < -0.3 is 10.6 Å². The van der Waals surface area contributed by atoms with E-state index in [9.17, 15) is 9.18 Å². The molecule has 0 saturated carbocycles. The molecule has 0 aliphatic carbocycles. The van der Waals surface area contributed by atoms with Crippen molar-refractivity contribution in [3.8, 4) is 5.95 Å². The third-order valence-electron chi connectivity index (χ3n) is 3.11. The van der Waals surface area contributed by atoms with E-state index >= 15 is 0 Å². The minimum atomic E-state index is -0.554. The maximum Gasteiger partial charge on any atom is 0.323 e. The van der Waals surface area contributed by atoms with Crippen molar-refractivity contribution in [2.75, 3.05) is 10.6 Å². The summed E-state index contributed by atoms with van der Waals surface area (Å²) in [5.74, 6) is 0.643. The SMILES string of the molecule is Cc1nccn1-c1ncc(NC(=O)Nc2ccc(F)c(Cl)c2)cn1. The number of nitrogens with zero attached hydrogens (tertiary/aromatic N) is 4. The van der Waals surface area contributed by atoms with Crippen molar-refractivity contribution in [1.29, 1.82) is 0 Å². The second kappa shape index (κ2) is 6.63. The zero-order valence-electron chi connectivity index (χ0n) is 12.5. The number of carbonyl (C=O) groups is 1. The van der Waals surface area contributed by atoms with E-state index in [0.717, 1.165) is 5.82 Å². The first-order valence-electron chi connectivity index (χ1n) is 6.88. The lowest BCUT2D eigenvalue weighted by Crippen LogP contribution is -2.19. The lowest BCUT2D eigenvalue weighted by atomic mass is 10.3. The Morgan fingerprint density at radius 3 is 2.50 bits per heavy atom. The van der Waals surface area contributed by atoms with E-state index in [1.165, 1.54) is 30.6 Å². The number of urea groups is 1. The van der Waals surface area contributed by atoms with Crippen molar-refractivity contribution in [2.24, 2.45) is 0 Å². The molecule has 0 bridgehead atoms. The minimum Gasteiger partial charge on any atom is -0.308 e. The summed E-state index contributed by atoms with van der Waals surface area (Å²) >= 11 is 5.66. The molecule has 9 heteroatoms. The third-order valence-corrected chi connectivity index (χ3v) is 3.40. The molecule has 2 aromatic heterocycles. The zero-order chi connectivity index (χ0) is 17.1. The van der Waals surface area contributed by atoms with Crippen LogP contribution in [-0.4, -0.2) is 25.6 Å². The van der Waals surface area contributed by atoms with Crippen LogP contribution >= 0.6 is 11.6 Å². The van der Waals surface area contributed by atoms with Crippen LogP contribution in [0.15, 0.2) is 43.0 Å². The summed E-state index contributed by atoms with van der Waals surface area (Å²) < 4.78 is 14.8. The highest BCUT2D eigenvalue weighted by Crippen LogP contribution is 2.19. The van der Waals surface area contributed by atoms with E-state index in [4.69, 9.17) is 11.6 Å². The lowest BCUT2D eigenvalue weighted by molar-refractivity contribution is 0.262. The number of aromatic nitrogens is 4. The van der Waals surface area contributed by atoms with Gasteiger partial charge in [-0.15, -0.1) is 0 Å². The van der Waals surface area contributed by atoms with Gasteiger partial charge in [0.15, 0.2) is 0 Å². The molecule has 2 amide bonds. The smallest absolute Gasteiger partial charge is 0.308 e. The van der Waals surface area contributed by atoms with Crippen molar-refractivity contribution < 1.29 is 9.18 Å². The van der Waals surface area contributed by atoms with Crippen molar-refractivity contribution >= 4 is 29.0 Å². The number of nitrogens with one attached hydrogen (secondary N) is 2. The van der Waals surface area contributed by atoms with Crippen molar-refractivity contribution in [2.45, 2.75) is 6.92 Å². The molecule has 1 aromatic carbocycles. The van der Waals surface area contributed by atoms with Crippen LogP contribution in [0.1, 0.15) is 5.82 Å². The monoisotopic (exact) mass is 346 g/mol. The van der Waals surface area contributed by atoms with Crippen LogP contribution in [-0.2, 0) is 0 Å². The number of imidazole rings is 1. The minimum absolute atomic E-state index is 0.0730. The van der Waals surface area contributed by atoms with Gasteiger partial charge in [-0.3, -0.25) is 4.57 Å². The largest absolute Gasteiger partial charge is 0.323 e. The topological polar surface area (TPSA) is 84.7 Å². The van der Waals surface area contributed by atoms with Crippen molar-refractivity contribution in [3.63, 3.8) is 0 Å². The Labute approximate surface area is 141 Å². The normalized spacial score (nSPS) is 10.5. The van der Waals surface area contributed by atoms with Crippen LogP contribution in [0.3, 0.4) is 0 Å². The van der Waals surface area contributed by atoms with Gasteiger partial charge in [-0.2, -0.15) is 0 Å². The number of anilines is 2. The van der Waals surface area contributed by atoms with Gasteiger partial charge in [-0.25, -0.2) is 24.1 Å². The Morgan fingerprint density at radius 2 is 1.88 bits per heavy atom. The Bertz CT molecular complexity index is 880. The van der Waals surface area contributed by atoms with Crippen molar-refractivity contribution in [1.82, 2.24) is 19.5 Å². The third kappa shape index (κ3) is 3.49. The molecule has 0 spiro atoms. The number of benzene rings is 1. The molecular formula is C15H12ClFN6O. The first-order chi connectivity index (χ1) is 11.5. The summed E-state index contributed by atoms with van der Waals surface area (Å²) in [6, 6.07) is 3.37. The highest BCUT2D eigenvalue weighted by atomic mass is 35.5. The molecule has 0 fully saturated rings. The number of hydrogen-bond donors (Lipinski definition) is 2. The summed E-state index contributed by atoms with van der Waals surface area (Å²) in [4.78, 5) is 24.3. The summed E-state index contributed by atoms with van der Waals surface area (Å²) in [6.45, 7) is 1.83. The van der Waals surface area contributed by atoms with E-state index in [-0.39, 0.29) is 5.02 Å². The molecular weight excluding hydrogens is 335 g/mol. The number of aryl methyl sites for hydroxylation is 1. The van der Waals surface area contributed by atoms with Crippen LogP contribution in [0.25, 0.3) is 5.95 Å². The fraction of sp³-hybridized carbons (Fsp3) is 0.0667. The number of carbonyl (C=O) groups excluding carboxylic acids is 1. The summed E-state index contributed by atoms with van der Waals surface area (Å²) in [7, 11) is 0. The van der Waals surface area contributed by atoms with E-state index in [2.05, 4.69) is 25.6 Å². The first-order valence-corrected chi connectivity index (χ1v) is 7.26. The molecule has 0 saturated heterocycles. The predicted octanol–water partition coefficient (Wildman–Crippen LogP) is 3.41. The second-order valence-electron chi connectivity index (χ2n) is 4.82. The molecule has 0 atom stereocenters. The molecule has 24 heavy (non-hydrogen) atoms. The molecule has 0 aliphatic rings. The number of rotatable bonds is 3. The van der Waals surface area contributed by atoms with Gasteiger partial charge in [0.2, 0.25) is 5.95 Å². The van der Waals surface area contributed by atoms with Crippen LogP contribution in [0.2, 0.25) is 5.02 Å². The van der Waals surface area contributed by atoms with Crippen LogP contribution in [0, 0.1) is 12.7 Å². The standard InChI is InChI=1S/C15H12ClFN6O/c1-9-18-4-5-23(9)14-19-7-11(8-20-14)22-15(24)21-10-2-3-13(17)12(16)6-10/h2-8H,1H3,(H2,21,22,24). The quantitative estimate of drug-likeness (QED) is 0.761. The molecule has 3 aromatic rings. The summed E-state index contributed by atoms with van der Waals surface area (Å²) in [5, 5.41) is 5.04. The van der Waals surface area contributed by atoms with Gasteiger partial charge in [-0.05, 0) is 25.1 Å². The van der Waals surface area contributed by atoms with Gasteiger partial charge in [0.05, 0.1) is 23.1 Å². The molecule has 3 rings (SSSR count). The fourth-order valence-electron chi connectivity index (χ4n) is 1.97. The number of hydrogen-bond acceptors (Lipinski definition) is 4. The molecule has 2 N–H and O–H groups in total. The van der Waals surface area contributed by atoms with Crippen LogP contribution in [0.5, 0.6) is 0 Å². The number of amides is 2. The van der Waals surface area contributed by atoms with Gasteiger partial charge in [0, 0.05) is 18.1 Å². The molecule has 7 nitrogen and oxygen atoms in total. The summed E-state index contributed by atoms with van der Waals surface area (Å²) in [6.07, 6.45) is 6.33. The average molecular weight is 347 g/mol. The number of halogens is 2. The molecule has 2 heterocycles. The molecule has 0 radical (unpaired) electrons. The lowest BCUT2D eigenvalue weighted by Gasteiger charge is -2.08. The van der Waals surface area contributed by atoms with Gasteiger partial charge in [0.1, 0.15) is 11.6 Å². The van der Waals surface area contributed by atoms with E-state index in [0.29, 0.717) is 17.3 Å². The fourth-order valence-corrected chi connectivity index (χ4v) is 2.15. The average Bonchev–Trinajstić information content (AvgIpc) is 2.98. The Hall–Kier alpha value is -3.00. The Balaban J connectivity index is 1.66. The van der Waals surface area contributed by atoms with E-state index < -0.39 is 11.8 Å². The second-order valence-corrected chi connectivity index (χ2v) is 5.23. The predicted molar refractivity (Wildman–Crippen MR) is 87.9 cm³/mol. The van der Waals surface area contributed by atoms with Crippen LogP contribution < -0.4 is 10.6 Å². The summed E-state index contributed by atoms with van der Waals surface area (Å²) in [5.41, 5.74) is 0.771. The highest BCUT2D eigenvalue weighted by molar-refractivity contribution is 6.31. The van der Waals surface area contributed by atoms with E-state index in [1.807, 2.05) is 6.92 Å². The first kappa shape index (κ1) is 15.9. The molecule has 0 aliphatic heterocycles. The maximum absolute atomic E-state index is 13.1. The Kier molecular flexibility index (Phi) is 4.39. The van der Waals surface area contributed by atoms with Gasteiger partial charge in [0.25, 0.3) is 0 Å². The van der Waals surface area contributed by atoms with Crippen LogP contribution in [0.4, 0.5) is 20.6 Å². The molecule has 122 valence electrons. The maximum atomic E-state index is 13.1. The molecule has 0 unspecified atom stereocenters. The zero-order valence-corrected chi connectivity index (χ0v) is 13.3. The highest BCUT2D eigenvalue weighted by Gasteiger charge is 2.07. The van der Waals surface area contributed by atoms with E-state index in [1.54, 1.807) is 17.0 Å². The van der Waals surface area contributed by atoms with Crippen molar-refractivity contribution in [3.05, 3.63) is 59.7 Å². The van der Waals surface area contributed by atoms with Gasteiger partial charge in [-0.1, -0.05) is 11.6 Å². The Morgan fingerprint density at radius 1 is 1.17 bits per heavy atom. The van der Waals surface area contributed by atoms with Gasteiger partial charge >= 0.3 is 6.03 Å².